The van der Waals surface area contributed by atoms with Crippen molar-refractivity contribution in [2.75, 3.05) is 6.61 Å². The number of rotatable bonds is 5. The summed E-state index contributed by atoms with van der Waals surface area (Å²) in [5, 5.41) is 0. The van der Waals surface area contributed by atoms with Crippen molar-refractivity contribution in [2.45, 2.75) is 44.7 Å². The summed E-state index contributed by atoms with van der Waals surface area (Å²) in [6.07, 6.45) is -1.14. The summed E-state index contributed by atoms with van der Waals surface area (Å²) in [4.78, 5) is 35.0. The maximum Gasteiger partial charge on any atom is 0.333 e. The van der Waals surface area contributed by atoms with Crippen molar-refractivity contribution >= 4 is 17.9 Å². The number of hydrogen-bond acceptors (Lipinski definition) is 7. The normalized spacial score (nSPS) is 35.9. The molecule has 120 valence electrons. The third kappa shape index (κ3) is 2.39. The molecule has 22 heavy (non-hydrogen) atoms. The topological polar surface area (TPSA) is 88.1 Å². The first kappa shape index (κ1) is 15.0. The Balaban J connectivity index is 1.53. The standard InChI is InChI=1S/C15H18O7/c1-6(2)13(16)19-5-7(3)14(17)21-11-9-4-8-10(20-9)12(11)22-15(8)18/h7-12H,1,4-5H2,2-3H3. The van der Waals surface area contributed by atoms with Gasteiger partial charge in [-0.15, -0.1) is 0 Å². The van der Waals surface area contributed by atoms with Crippen LogP contribution in [0.3, 0.4) is 0 Å². The molecule has 6 unspecified atom stereocenters. The van der Waals surface area contributed by atoms with Gasteiger partial charge in [0.25, 0.3) is 0 Å². The van der Waals surface area contributed by atoms with Crippen molar-refractivity contribution in [3.05, 3.63) is 12.2 Å². The molecule has 0 amide bonds. The summed E-state index contributed by atoms with van der Waals surface area (Å²) in [5.41, 5.74) is 0.269. The van der Waals surface area contributed by atoms with Gasteiger partial charge in [-0.05, 0) is 20.3 Å². The summed E-state index contributed by atoms with van der Waals surface area (Å²) < 4.78 is 21.2. The summed E-state index contributed by atoms with van der Waals surface area (Å²) in [6.45, 7) is 6.51. The van der Waals surface area contributed by atoms with Gasteiger partial charge in [0.1, 0.15) is 12.7 Å². The van der Waals surface area contributed by atoms with Crippen LogP contribution in [0.1, 0.15) is 20.3 Å². The highest BCUT2D eigenvalue weighted by Crippen LogP contribution is 2.47. The molecule has 7 nitrogen and oxygen atoms in total. The van der Waals surface area contributed by atoms with E-state index in [1.54, 1.807) is 6.92 Å². The fourth-order valence-electron chi connectivity index (χ4n) is 3.02. The van der Waals surface area contributed by atoms with E-state index in [1.165, 1.54) is 6.92 Å². The van der Waals surface area contributed by atoms with Crippen LogP contribution < -0.4 is 0 Å². The highest BCUT2D eigenvalue weighted by Gasteiger charge is 2.65. The molecule has 0 aromatic rings. The molecule has 0 aliphatic carbocycles. The molecule has 3 aliphatic rings. The Morgan fingerprint density at radius 2 is 2.14 bits per heavy atom. The van der Waals surface area contributed by atoms with Crippen LogP contribution in [-0.4, -0.2) is 48.9 Å². The molecule has 3 saturated heterocycles. The van der Waals surface area contributed by atoms with E-state index in [0.29, 0.717) is 6.42 Å². The van der Waals surface area contributed by atoms with Gasteiger partial charge in [0.2, 0.25) is 0 Å². The van der Waals surface area contributed by atoms with E-state index in [2.05, 4.69) is 6.58 Å². The molecule has 3 aliphatic heterocycles. The van der Waals surface area contributed by atoms with Crippen LogP contribution in [0.5, 0.6) is 0 Å². The first-order valence-corrected chi connectivity index (χ1v) is 7.27. The molecular weight excluding hydrogens is 292 g/mol. The van der Waals surface area contributed by atoms with Crippen LogP contribution in [0.15, 0.2) is 12.2 Å². The smallest absolute Gasteiger partial charge is 0.333 e. The highest BCUT2D eigenvalue weighted by molar-refractivity contribution is 5.87. The van der Waals surface area contributed by atoms with E-state index in [-0.39, 0.29) is 36.3 Å². The Hall–Kier alpha value is -1.89. The quantitative estimate of drug-likeness (QED) is 0.412. The average molecular weight is 310 g/mol. The van der Waals surface area contributed by atoms with Gasteiger partial charge < -0.3 is 18.9 Å². The molecule has 0 aromatic carbocycles. The Bertz CT molecular complexity index is 540. The zero-order chi connectivity index (χ0) is 16.0. The SMILES string of the molecule is C=C(C)C(=O)OCC(C)C(=O)OC1C2CC3C(=O)OC1C3O2. The lowest BCUT2D eigenvalue weighted by atomic mass is 9.88. The molecule has 3 rings (SSSR count). The van der Waals surface area contributed by atoms with E-state index in [9.17, 15) is 14.4 Å². The average Bonchev–Trinajstić information content (AvgIpc) is 3.08. The van der Waals surface area contributed by atoms with Gasteiger partial charge in [-0.25, -0.2) is 4.79 Å². The minimum atomic E-state index is -0.615. The fraction of sp³-hybridized carbons (Fsp3) is 0.667. The van der Waals surface area contributed by atoms with Crippen molar-refractivity contribution < 1.29 is 33.3 Å². The highest BCUT2D eigenvalue weighted by atomic mass is 16.7. The lowest BCUT2D eigenvalue weighted by Gasteiger charge is -2.23. The van der Waals surface area contributed by atoms with Crippen molar-refractivity contribution in [1.29, 1.82) is 0 Å². The molecule has 7 heteroatoms. The second kappa shape index (κ2) is 5.39. The summed E-state index contributed by atoms with van der Waals surface area (Å²) in [5.74, 6) is -2.17. The molecule has 2 bridgehead atoms. The molecule has 6 atom stereocenters. The molecule has 3 fully saturated rings. The monoisotopic (exact) mass is 310 g/mol. The largest absolute Gasteiger partial charge is 0.461 e. The van der Waals surface area contributed by atoms with Crippen molar-refractivity contribution in [3.8, 4) is 0 Å². The number of carbonyl (C=O) groups excluding carboxylic acids is 3. The summed E-state index contributed by atoms with van der Waals surface area (Å²) in [7, 11) is 0. The van der Waals surface area contributed by atoms with Crippen LogP contribution in [0.25, 0.3) is 0 Å². The van der Waals surface area contributed by atoms with Gasteiger partial charge in [0, 0.05) is 5.57 Å². The maximum absolute atomic E-state index is 12.1. The second-order valence-electron chi connectivity index (χ2n) is 6.06. The fourth-order valence-corrected chi connectivity index (χ4v) is 3.02. The molecule has 3 heterocycles. The minimum Gasteiger partial charge on any atom is -0.461 e. The Labute approximate surface area is 127 Å². The van der Waals surface area contributed by atoms with Crippen LogP contribution in [-0.2, 0) is 33.3 Å². The van der Waals surface area contributed by atoms with Gasteiger partial charge in [0.15, 0.2) is 12.2 Å². The lowest BCUT2D eigenvalue weighted by Crippen LogP contribution is -2.41. The van der Waals surface area contributed by atoms with Gasteiger partial charge in [-0.2, -0.15) is 0 Å². The zero-order valence-electron chi connectivity index (χ0n) is 12.4. The van der Waals surface area contributed by atoms with E-state index in [0.717, 1.165) is 0 Å². The molecule has 0 radical (unpaired) electrons. The first-order chi connectivity index (χ1) is 10.4. The number of ether oxygens (including phenoxy) is 4. The molecule has 0 spiro atoms. The maximum atomic E-state index is 12.1. The number of esters is 3. The molecule has 0 saturated carbocycles. The van der Waals surface area contributed by atoms with Crippen molar-refractivity contribution in [3.63, 3.8) is 0 Å². The third-order valence-corrected chi connectivity index (χ3v) is 4.25. The van der Waals surface area contributed by atoms with Crippen LogP contribution in [0.4, 0.5) is 0 Å². The number of carbonyl (C=O) groups is 3. The third-order valence-electron chi connectivity index (χ3n) is 4.25. The first-order valence-electron chi connectivity index (χ1n) is 7.27. The van der Waals surface area contributed by atoms with Gasteiger partial charge in [0.05, 0.1) is 17.9 Å². The predicted molar refractivity (Wildman–Crippen MR) is 71.5 cm³/mol. The Morgan fingerprint density at radius 1 is 1.41 bits per heavy atom. The predicted octanol–water partition coefficient (Wildman–Crippen LogP) is 0.366. The Kier molecular flexibility index (Phi) is 3.68. The van der Waals surface area contributed by atoms with Gasteiger partial charge >= 0.3 is 17.9 Å². The molecule has 0 aromatic heterocycles. The van der Waals surface area contributed by atoms with E-state index in [1.807, 2.05) is 0 Å². The van der Waals surface area contributed by atoms with Crippen molar-refractivity contribution in [2.24, 2.45) is 11.8 Å². The second-order valence-corrected chi connectivity index (χ2v) is 6.06. The minimum absolute atomic E-state index is 0.0840. The van der Waals surface area contributed by atoms with Gasteiger partial charge in [-0.1, -0.05) is 6.58 Å². The zero-order valence-corrected chi connectivity index (χ0v) is 12.4. The van der Waals surface area contributed by atoms with E-state index < -0.39 is 30.1 Å². The van der Waals surface area contributed by atoms with Crippen molar-refractivity contribution in [1.82, 2.24) is 0 Å². The van der Waals surface area contributed by atoms with Crippen LogP contribution >= 0.6 is 0 Å². The molecular formula is C15H18O7. The van der Waals surface area contributed by atoms with Crippen LogP contribution in [0, 0.1) is 11.8 Å². The van der Waals surface area contributed by atoms with Gasteiger partial charge in [-0.3, -0.25) is 9.59 Å². The lowest BCUT2D eigenvalue weighted by molar-refractivity contribution is -0.166. The Morgan fingerprint density at radius 3 is 2.82 bits per heavy atom. The van der Waals surface area contributed by atoms with E-state index in [4.69, 9.17) is 18.9 Å². The number of fused-ring (bicyclic) bond motifs is 1. The summed E-state index contributed by atoms with van der Waals surface area (Å²) >= 11 is 0. The summed E-state index contributed by atoms with van der Waals surface area (Å²) in [6, 6.07) is 0. The number of hydrogen-bond donors (Lipinski definition) is 0. The molecule has 0 N–H and O–H groups in total. The van der Waals surface area contributed by atoms with E-state index >= 15 is 0 Å². The van der Waals surface area contributed by atoms with Crippen LogP contribution in [0.2, 0.25) is 0 Å².